The zero-order valence-electron chi connectivity index (χ0n) is 19.0. The van der Waals surface area contributed by atoms with Crippen LogP contribution >= 0.6 is 11.3 Å². The van der Waals surface area contributed by atoms with E-state index in [9.17, 15) is 4.79 Å². The zero-order chi connectivity index (χ0) is 23.6. The van der Waals surface area contributed by atoms with E-state index in [0.717, 1.165) is 28.2 Å². The summed E-state index contributed by atoms with van der Waals surface area (Å²) in [6.07, 6.45) is 9.43. The molecule has 4 heterocycles. The molecule has 0 unspecified atom stereocenters. The number of nitrogens with zero attached hydrogens (tertiary/aromatic N) is 3. The Morgan fingerprint density at radius 2 is 1.71 bits per heavy atom. The molecule has 0 atom stereocenters. The quantitative estimate of drug-likeness (QED) is 0.164. The van der Waals surface area contributed by atoms with Gasteiger partial charge in [0.15, 0.2) is 0 Å². The predicted molar refractivity (Wildman–Crippen MR) is 136 cm³/mol. The topological polar surface area (TPSA) is 65.0 Å². The lowest BCUT2D eigenvalue weighted by Gasteiger charge is -2.05. The van der Waals surface area contributed by atoms with E-state index >= 15 is 0 Å². The summed E-state index contributed by atoms with van der Waals surface area (Å²) in [5.41, 5.74) is 4.96. The predicted octanol–water partition coefficient (Wildman–Crippen LogP) is 6.32. The van der Waals surface area contributed by atoms with Crippen LogP contribution in [0.15, 0.2) is 66.3 Å². The van der Waals surface area contributed by atoms with Crippen LogP contribution in [0.1, 0.15) is 48.6 Å². The number of carbonyl (C=O) groups excluding carboxylic acids is 1. The molecule has 170 valence electrons. The summed E-state index contributed by atoms with van der Waals surface area (Å²) in [5, 5.41) is 2.12. The lowest BCUT2D eigenvalue weighted by atomic mass is 10.1. The van der Waals surface area contributed by atoms with Gasteiger partial charge in [0, 0.05) is 24.0 Å². The molecule has 0 aliphatic carbocycles. The van der Waals surface area contributed by atoms with Crippen molar-refractivity contribution in [3.05, 3.63) is 82.3 Å². The number of aryl methyl sites for hydroxylation is 1. The molecule has 0 spiro atoms. The minimum atomic E-state index is 0.394. The molecule has 0 aliphatic rings. The summed E-state index contributed by atoms with van der Waals surface area (Å²) in [7, 11) is 0. The highest BCUT2D eigenvalue weighted by atomic mass is 32.1. The molecule has 4 rings (SSSR count). The second-order valence-electron chi connectivity index (χ2n) is 7.76. The van der Waals surface area contributed by atoms with Crippen molar-refractivity contribution < 1.29 is 9.53 Å². The lowest BCUT2D eigenvalue weighted by molar-refractivity contribution is -0.120. The standard InChI is InChI=1S/C28H25N3O2S/c1-2-3-4-5-7-22-14-17-34-28(22)11-10-21-12-15-29-26(18-21)24-8-6-9-25(31-24)27-19-23(33-20-32)13-16-30-27/h6,8-9,12-20H,2-5,7H2,1H3. The molecule has 0 radical (unpaired) electrons. The highest BCUT2D eigenvalue weighted by Gasteiger charge is 2.08. The largest absolute Gasteiger partial charge is 0.429 e. The summed E-state index contributed by atoms with van der Waals surface area (Å²) < 4.78 is 4.92. The molecule has 0 saturated carbocycles. The summed E-state index contributed by atoms with van der Waals surface area (Å²) in [6.45, 7) is 2.63. The van der Waals surface area contributed by atoms with Gasteiger partial charge in [0.25, 0.3) is 6.47 Å². The molecular weight excluding hydrogens is 442 g/mol. The smallest absolute Gasteiger partial charge is 0.298 e. The van der Waals surface area contributed by atoms with Crippen LogP contribution in [-0.4, -0.2) is 21.4 Å². The van der Waals surface area contributed by atoms with Crippen molar-refractivity contribution >= 4 is 17.8 Å². The van der Waals surface area contributed by atoms with Crippen molar-refractivity contribution in [1.82, 2.24) is 15.0 Å². The third kappa shape index (κ3) is 6.15. The third-order valence-corrected chi connectivity index (χ3v) is 6.19. The second kappa shape index (κ2) is 11.9. The molecular formula is C28H25N3O2S. The normalized spacial score (nSPS) is 10.4. The fraction of sp³-hybridized carbons (Fsp3) is 0.214. The average Bonchev–Trinajstić information content (AvgIpc) is 3.33. The van der Waals surface area contributed by atoms with Gasteiger partial charge in [-0.2, -0.15) is 0 Å². The number of ether oxygens (including phenoxy) is 1. The Balaban J connectivity index is 1.54. The zero-order valence-corrected chi connectivity index (χ0v) is 19.8. The first-order valence-corrected chi connectivity index (χ1v) is 12.2. The van der Waals surface area contributed by atoms with Crippen molar-refractivity contribution in [2.75, 3.05) is 0 Å². The van der Waals surface area contributed by atoms with E-state index in [0.29, 0.717) is 23.6 Å². The van der Waals surface area contributed by atoms with Gasteiger partial charge in [-0.3, -0.25) is 14.8 Å². The number of unbranched alkanes of at least 4 members (excludes halogenated alkanes) is 3. The number of aromatic nitrogens is 3. The van der Waals surface area contributed by atoms with Crippen LogP contribution < -0.4 is 4.74 Å². The van der Waals surface area contributed by atoms with Crippen molar-refractivity contribution in [3.63, 3.8) is 0 Å². The van der Waals surface area contributed by atoms with E-state index in [-0.39, 0.29) is 0 Å². The van der Waals surface area contributed by atoms with E-state index in [1.54, 1.807) is 35.9 Å². The Hall–Kier alpha value is -3.82. The van der Waals surface area contributed by atoms with Gasteiger partial charge >= 0.3 is 0 Å². The maximum Gasteiger partial charge on any atom is 0.298 e. The SMILES string of the molecule is CCCCCCc1ccsc1C#Cc1ccnc(-c2cccc(-c3cc(OC=O)ccn3)n2)c1. The molecule has 6 heteroatoms. The van der Waals surface area contributed by atoms with Gasteiger partial charge in [-0.1, -0.05) is 44.1 Å². The fourth-order valence-corrected chi connectivity index (χ4v) is 4.36. The van der Waals surface area contributed by atoms with E-state index in [4.69, 9.17) is 9.72 Å². The van der Waals surface area contributed by atoms with Crippen LogP contribution in [-0.2, 0) is 11.2 Å². The molecule has 5 nitrogen and oxygen atoms in total. The Morgan fingerprint density at radius 3 is 2.50 bits per heavy atom. The van der Waals surface area contributed by atoms with Crippen molar-refractivity contribution in [1.29, 1.82) is 0 Å². The molecule has 0 N–H and O–H groups in total. The Kier molecular flexibility index (Phi) is 8.15. The molecule has 0 aliphatic heterocycles. The van der Waals surface area contributed by atoms with Gasteiger partial charge < -0.3 is 4.74 Å². The molecule has 4 aromatic rings. The number of carbonyl (C=O) groups is 1. The molecule has 0 aromatic carbocycles. The molecule has 0 fully saturated rings. The van der Waals surface area contributed by atoms with Crippen LogP contribution in [0.3, 0.4) is 0 Å². The van der Waals surface area contributed by atoms with Gasteiger partial charge in [-0.15, -0.1) is 11.3 Å². The van der Waals surface area contributed by atoms with Crippen molar-refractivity contribution in [2.45, 2.75) is 39.0 Å². The van der Waals surface area contributed by atoms with E-state index in [1.165, 1.54) is 31.2 Å². The average molecular weight is 468 g/mol. The minimum Gasteiger partial charge on any atom is -0.429 e. The molecule has 0 saturated heterocycles. The number of rotatable bonds is 9. The first-order valence-electron chi connectivity index (χ1n) is 11.4. The van der Waals surface area contributed by atoms with Gasteiger partial charge in [0.2, 0.25) is 0 Å². The van der Waals surface area contributed by atoms with Crippen LogP contribution in [0.5, 0.6) is 5.75 Å². The number of thiophene rings is 1. The Morgan fingerprint density at radius 1 is 0.912 bits per heavy atom. The van der Waals surface area contributed by atoms with E-state index in [2.05, 4.69) is 40.2 Å². The van der Waals surface area contributed by atoms with Crippen LogP contribution in [0.25, 0.3) is 22.8 Å². The number of hydrogen-bond donors (Lipinski definition) is 0. The van der Waals surface area contributed by atoms with Crippen molar-refractivity contribution in [3.8, 4) is 40.4 Å². The first-order chi connectivity index (χ1) is 16.8. The number of hydrogen-bond acceptors (Lipinski definition) is 6. The third-order valence-electron chi connectivity index (χ3n) is 5.32. The monoisotopic (exact) mass is 467 g/mol. The Bertz CT molecular complexity index is 1320. The van der Waals surface area contributed by atoms with Gasteiger partial charge in [-0.25, -0.2) is 4.98 Å². The molecule has 0 amide bonds. The highest BCUT2D eigenvalue weighted by Crippen LogP contribution is 2.23. The summed E-state index contributed by atoms with van der Waals surface area (Å²) in [4.78, 5) is 25.3. The van der Waals surface area contributed by atoms with Crippen molar-refractivity contribution in [2.24, 2.45) is 0 Å². The van der Waals surface area contributed by atoms with E-state index < -0.39 is 0 Å². The van der Waals surface area contributed by atoms with Gasteiger partial charge in [-0.05, 0) is 60.2 Å². The maximum atomic E-state index is 10.6. The fourth-order valence-electron chi connectivity index (χ4n) is 3.56. The van der Waals surface area contributed by atoms with Gasteiger partial charge in [0.05, 0.1) is 27.7 Å². The number of pyridine rings is 3. The van der Waals surface area contributed by atoms with Crippen LogP contribution in [0.4, 0.5) is 0 Å². The summed E-state index contributed by atoms with van der Waals surface area (Å²) >= 11 is 1.70. The molecule has 0 bridgehead atoms. The second-order valence-corrected chi connectivity index (χ2v) is 8.68. The Labute approximate surface area is 203 Å². The lowest BCUT2D eigenvalue weighted by Crippen LogP contribution is -1.94. The van der Waals surface area contributed by atoms with Crippen LogP contribution in [0, 0.1) is 11.8 Å². The summed E-state index contributed by atoms with van der Waals surface area (Å²) in [5.74, 6) is 7.07. The minimum absolute atomic E-state index is 0.394. The van der Waals surface area contributed by atoms with E-state index in [1.807, 2.05) is 30.3 Å². The van der Waals surface area contributed by atoms with Crippen LogP contribution in [0.2, 0.25) is 0 Å². The molecule has 4 aromatic heterocycles. The van der Waals surface area contributed by atoms with Gasteiger partial charge in [0.1, 0.15) is 5.75 Å². The highest BCUT2D eigenvalue weighted by molar-refractivity contribution is 7.10. The maximum absolute atomic E-state index is 10.6. The summed E-state index contributed by atoms with van der Waals surface area (Å²) in [6, 6.07) is 15.0. The molecule has 34 heavy (non-hydrogen) atoms. The first kappa shape index (κ1) is 23.3.